The van der Waals surface area contributed by atoms with Crippen molar-refractivity contribution in [2.75, 3.05) is 6.54 Å². The molecule has 1 amide bonds. The van der Waals surface area contributed by atoms with Gasteiger partial charge < -0.3 is 9.32 Å². The first-order chi connectivity index (χ1) is 14.8. The van der Waals surface area contributed by atoms with Crippen LogP contribution in [0.15, 0.2) is 65.9 Å². The maximum atomic E-state index is 13.1. The number of oxazole rings is 1. The molecule has 8 heteroatoms. The molecule has 0 saturated carbocycles. The van der Waals surface area contributed by atoms with Crippen LogP contribution >= 0.6 is 0 Å². The maximum absolute atomic E-state index is 13.1. The molecule has 0 fully saturated rings. The number of rotatable bonds is 5. The summed E-state index contributed by atoms with van der Waals surface area (Å²) >= 11 is 0. The fraction of sp³-hybridized carbons (Fsp3) is 0.227. The maximum Gasteiger partial charge on any atom is 0.254 e. The van der Waals surface area contributed by atoms with Gasteiger partial charge in [0.15, 0.2) is 5.89 Å². The number of benzene rings is 1. The quantitative estimate of drug-likeness (QED) is 0.512. The van der Waals surface area contributed by atoms with Crippen molar-refractivity contribution >= 4 is 5.91 Å². The van der Waals surface area contributed by atoms with E-state index in [2.05, 4.69) is 20.2 Å². The van der Waals surface area contributed by atoms with Crippen LogP contribution in [0.25, 0.3) is 5.69 Å². The van der Waals surface area contributed by atoms with Gasteiger partial charge in [-0.05, 0) is 36.2 Å². The third-order valence-corrected chi connectivity index (χ3v) is 5.22. The number of nitrogens with zero attached hydrogens (tertiary/aromatic N) is 6. The molecule has 8 nitrogen and oxygen atoms in total. The standard InChI is InChI=1S/C22H20N6O2/c29-22(17-4-1-5-18(11-17)28-14-24-25-15-28)27-10-8-20-19(13-27)26-21(30-20)7-6-16-3-2-9-23-12-16/h1-5,9,11-12,14-15H,6-8,10,13H2. The summed E-state index contributed by atoms with van der Waals surface area (Å²) in [7, 11) is 0. The number of hydrogen-bond acceptors (Lipinski definition) is 6. The van der Waals surface area contributed by atoms with Crippen LogP contribution in [0.1, 0.15) is 33.3 Å². The van der Waals surface area contributed by atoms with Crippen LogP contribution in [-0.4, -0.2) is 42.1 Å². The zero-order valence-corrected chi connectivity index (χ0v) is 16.3. The molecular formula is C22H20N6O2. The van der Waals surface area contributed by atoms with E-state index < -0.39 is 0 Å². The summed E-state index contributed by atoms with van der Waals surface area (Å²) in [5.41, 5.74) is 3.48. The molecule has 0 saturated heterocycles. The van der Waals surface area contributed by atoms with Crippen molar-refractivity contribution in [3.05, 3.63) is 89.9 Å². The second-order valence-corrected chi connectivity index (χ2v) is 7.23. The summed E-state index contributed by atoms with van der Waals surface area (Å²) in [5.74, 6) is 1.58. The average molecular weight is 400 g/mol. The van der Waals surface area contributed by atoms with Crippen LogP contribution in [-0.2, 0) is 25.8 Å². The number of carbonyl (C=O) groups is 1. The van der Waals surface area contributed by atoms with Gasteiger partial charge in [-0.3, -0.25) is 14.3 Å². The lowest BCUT2D eigenvalue weighted by Gasteiger charge is -2.25. The van der Waals surface area contributed by atoms with Gasteiger partial charge in [0.2, 0.25) is 0 Å². The molecule has 1 aliphatic rings. The van der Waals surface area contributed by atoms with Crippen molar-refractivity contribution in [1.82, 2.24) is 29.6 Å². The van der Waals surface area contributed by atoms with Gasteiger partial charge in [-0.15, -0.1) is 10.2 Å². The molecule has 0 spiro atoms. The van der Waals surface area contributed by atoms with E-state index in [1.807, 2.05) is 47.5 Å². The highest BCUT2D eigenvalue weighted by Crippen LogP contribution is 2.23. The Hall–Kier alpha value is -3.81. The zero-order valence-electron chi connectivity index (χ0n) is 16.3. The van der Waals surface area contributed by atoms with Crippen molar-refractivity contribution in [3.63, 3.8) is 0 Å². The van der Waals surface area contributed by atoms with Gasteiger partial charge in [-0.25, -0.2) is 4.98 Å². The minimum absolute atomic E-state index is 0.0181. The van der Waals surface area contributed by atoms with Gasteiger partial charge in [-0.1, -0.05) is 12.1 Å². The topological polar surface area (TPSA) is 89.9 Å². The molecule has 1 aliphatic heterocycles. The largest absolute Gasteiger partial charge is 0.445 e. The number of aryl methyl sites for hydroxylation is 2. The molecule has 0 unspecified atom stereocenters. The summed E-state index contributed by atoms with van der Waals surface area (Å²) < 4.78 is 7.72. The van der Waals surface area contributed by atoms with Crippen LogP contribution in [0.2, 0.25) is 0 Å². The van der Waals surface area contributed by atoms with Crippen molar-refractivity contribution in [2.24, 2.45) is 0 Å². The monoisotopic (exact) mass is 400 g/mol. The van der Waals surface area contributed by atoms with E-state index in [-0.39, 0.29) is 5.91 Å². The van der Waals surface area contributed by atoms with Crippen molar-refractivity contribution in [3.8, 4) is 5.69 Å². The summed E-state index contributed by atoms with van der Waals surface area (Å²) in [6.07, 6.45) is 9.06. The number of amides is 1. The molecule has 150 valence electrons. The number of aromatic nitrogens is 5. The molecule has 5 rings (SSSR count). The first-order valence-corrected chi connectivity index (χ1v) is 9.87. The fourth-order valence-corrected chi connectivity index (χ4v) is 3.65. The number of pyridine rings is 1. The van der Waals surface area contributed by atoms with E-state index in [4.69, 9.17) is 4.42 Å². The molecule has 4 heterocycles. The van der Waals surface area contributed by atoms with Crippen LogP contribution in [0.5, 0.6) is 0 Å². The van der Waals surface area contributed by atoms with E-state index in [1.165, 1.54) is 0 Å². The lowest BCUT2D eigenvalue weighted by atomic mass is 10.1. The van der Waals surface area contributed by atoms with Gasteiger partial charge in [0, 0.05) is 43.0 Å². The lowest BCUT2D eigenvalue weighted by Crippen LogP contribution is -2.35. The zero-order chi connectivity index (χ0) is 20.3. The predicted octanol–water partition coefficient (Wildman–Crippen LogP) is 2.63. The van der Waals surface area contributed by atoms with Gasteiger partial charge in [0.05, 0.1) is 6.54 Å². The van der Waals surface area contributed by atoms with Gasteiger partial charge >= 0.3 is 0 Å². The van der Waals surface area contributed by atoms with Crippen LogP contribution in [0.4, 0.5) is 0 Å². The lowest BCUT2D eigenvalue weighted by molar-refractivity contribution is 0.0728. The number of carbonyl (C=O) groups excluding carboxylic acids is 1. The Balaban J connectivity index is 1.28. The van der Waals surface area contributed by atoms with Crippen molar-refractivity contribution in [2.45, 2.75) is 25.8 Å². The second-order valence-electron chi connectivity index (χ2n) is 7.23. The molecule has 0 atom stereocenters. The Morgan fingerprint density at radius 2 is 2.00 bits per heavy atom. The number of hydrogen-bond donors (Lipinski definition) is 0. The summed E-state index contributed by atoms with van der Waals surface area (Å²) in [4.78, 5) is 23.7. The smallest absolute Gasteiger partial charge is 0.254 e. The molecular weight excluding hydrogens is 380 g/mol. The minimum Gasteiger partial charge on any atom is -0.445 e. The predicted molar refractivity (Wildman–Crippen MR) is 108 cm³/mol. The third-order valence-electron chi connectivity index (χ3n) is 5.22. The summed E-state index contributed by atoms with van der Waals surface area (Å²) in [6, 6.07) is 11.4. The highest BCUT2D eigenvalue weighted by Gasteiger charge is 2.26. The Morgan fingerprint density at radius 1 is 1.10 bits per heavy atom. The highest BCUT2D eigenvalue weighted by molar-refractivity contribution is 5.94. The average Bonchev–Trinajstić information content (AvgIpc) is 3.47. The Kier molecular flexibility index (Phi) is 4.80. The van der Waals surface area contributed by atoms with Crippen LogP contribution in [0, 0.1) is 0 Å². The Labute approximate surface area is 173 Å². The number of fused-ring (bicyclic) bond motifs is 1. The first-order valence-electron chi connectivity index (χ1n) is 9.87. The fourth-order valence-electron chi connectivity index (χ4n) is 3.65. The SMILES string of the molecule is O=C(c1cccc(-n2cnnc2)c1)N1CCc2oc(CCc3cccnc3)nc2C1. The van der Waals surface area contributed by atoms with E-state index in [0.29, 0.717) is 37.4 Å². The molecule has 1 aromatic carbocycles. The van der Waals surface area contributed by atoms with E-state index >= 15 is 0 Å². The molecule has 30 heavy (non-hydrogen) atoms. The molecule has 4 aromatic rings. The Morgan fingerprint density at radius 3 is 2.83 bits per heavy atom. The molecule has 3 aromatic heterocycles. The van der Waals surface area contributed by atoms with Gasteiger partial charge in [-0.2, -0.15) is 0 Å². The van der Waals surface area contributed by atoms with Crippen LogP contribution < -0.4 is 0 Å². The van der Waals surface area contributed by atoms with E-state index in [0.717, 1.165) is 29.1 Å². The first kappa shape index (κ1) is 18.2. The molecule has 0 radical (unpaired) electrons. The minimum atomic E-state index is -0.0181. The van der Waals surface area contributed by atoms with Crippen LogP contribution in [0.3, 0.4) is 0 Å². The van der Waals surface area contributed by atoms with Gasteiger partial charge in [0.25, 0.3) is 5.91 Å². The summed E-state index contributed by atoms with van der Waals surface area (Å²) in [6.45, 7) is 1.07. The highest BCUT2D eigenvalue weighted by atomic mass is 16.4. The second kappa shape index (κ2) is 7.90. The van der Waals surface area contributed by atoms with E-state index in [1.54, 1.807) is 23.4 Å². The molecule has 0 bridgehead atoms. The van der Waals surface area contributed by atoms with Crippen molar-refractivity contribution < 1.29 is 9.21 Å². The molecule has 0 aliphatic carbocycles. The molecule has 0 N–H and O–H groups in total. The van der Waals surface area contributed by atoms with E-state index in [9.17, 15) is 4.79 Å². The van der Waals surface area contributed by atoms with Gasteiger partial charge in [0.1, 0.15) is 24.1 Å². The normalized spacial score (nSPS) is 13.3. The summed E-state index contributed by atoms with van der Waals surface area (Å²) in [5, 5.41) is 7.64. The Bertz CT molecular complexity index is 1150. The van der Waals surface area contributed by atoms with Crippen molar-refractivity contribution in [1.29, 1.82) is 0 Å². The third kappa shape index (κ3) is 3.71.